The average molecular weight is 186 g/mol. The van der Waals surface area contributed by atoms with E-state index >= 15 is 0 Å². The van der Waals surface area contributed by atoms with Crippen molar-refractivity contribution in [1.29, 1.82) is 0 Å². The van der Waals surface area contributed by atoms with E-state index in [9.17, 15) is 0 Å². The summed E-state index contributed by atoms with van der Waals surface area (Å²) >= 11 is 0. The highest BCUT2D eigenvalue weighted by Crippen LogP contribution is 2.27. The van der Waals surface area contributed by atoms with Gasteiger partial charge in [-0.2, -0.15) is 0 Å². The van der Waals surface area contributed by atoms with Crippen molar-refractivity contribution in [3.8, 4) is 0 Å². The van der Waals surface area contributed by atoms with E-state index < -0.39 is 0 Å². The van der Waals surface area contributed by atoms with Gasteiger partial charge in [-0.25, -0.2) is 4.98 Å². The molecule has 0 bridgehead atoms. The number of rotatable bonds is 0. The van der Waals surface area contributed by atoms with Crippen LogP contribution in [0.5, 0.6) is 0 Å². The third-order valence-electron chi connectivity index (χ3n) is 2.12. The van der Waals surface area contributed by atoms with Crippen molar-refractivity contribution in [2.45, 2.75) is 18.9 Å². The average Bonchev–Trinajstić information content (AvgIpc) is 2.32. The first kappa shape index (κ1) is 9.29. The van der Waals surface area contributed by atoms with Gasteiger partial charge in [0.25, 0.3) is 0 Å². The van der Waals surface area contributed by atoms with Crippen molar-refractivity contribution < 1.29 is 0 Å². The molecule has 2 rings (SSSR count). The lowest BCUT2D eigenvalue weighted by Gasteiger charge is -2.02. The summed E-state index contributed by atoms with van der Waals surface area (Å²) in [5.41, 5.74) is 13.6. The Morgan fingerprint density at radius 2 is 2.17 bits per heavy atom. The summed E-state index contributed by atoms with van der Waals surface area (Å²) < 4.78 is 0. The molecule has 0 amide bonds. The van der Waals surface area contributed by atoms with E-state index in [1.807, 2.05) is 12.1 Å². The molecular weight excluding hydrogens is 174 g/mol. The van der Waals surface area contributed by atoms with Crippen molar-refractivity contribution in [2.24, 2.45) is 5.73 Å². The van der Waals surface area contributed by atoms with E-state index in [0.717, 1.165) is 18.5 Å². The molecule has 4 N–H and O–H groups in total. The minimum Gasteiger partial charge on any atom is -0.384 e. The maximum atomic E-state index is 5.82. The lowest BCUT2D eigenvalue weighted by Crippen LogP contribution is -2.05. The van der Waals surface area contributed by atoms with Gasteiger partial charge >= 0.3 is 0 Å². The zero-order chi connectivity index (χ0) is 7.84. The van der Waals surface area contributed by atoms with E-state index in [1.54, 1.807) is 0 Å². The van der Waals surface area contributed by atoms with Gasteiger partial charge in [0.05, 0.1) is 0 Å². The second-order valence-electron chi connectivity index (χ2n) is 2.92. The van der Waals surface area contributed by atoms with Crippen LogP contribution in [0.15, 0.2) is 12.1 Å². The predicted molar refractivity (Wildman–Crippen MR) is 51.1 cm³/mol. The van der Waals surface area contributed by atoms with Gasteiger partial charge < -0.3 is 11.5 Å². The number of aromatic nitrogens is 1. The fraction of sp³-hybridized carbons (Fsp3) is 0.375. The Morgan fingerprint density at radius 3 is 2.92 bits per heavy atom. The second-order valence-corrected chi connectivity index (χ2v) is 2.92. The number of nitrogens with zero attached hydrogens (tertiary/aromatic N) is 1. The number of pyridine rings is 1. The minimum atomic E-state index is 0. The van der Waals surface area contributed by atoms with Crippen LogP contribution in [0.4, 0.5) is 5.82 Å². The molecule has 12 heavy (non-hydrogen) atoms. The number of fused-ring (bicyclic) bond motifs is 1. The van der Waals surface area contributed by atoms with Crippen LogP contribution in [-0.4, -0.2) is 4.98 Å². The van der Waals surface area contributed by atoms with Crippen LogP contribution in [0.1, 0.15) is 23.7 Å². The summed E-state index contributed by atoms with van der Waals surface area (Å²) in [6, 6.07) is 3.97. The third kappa shape index (κ3) is 1.38. The Morgan fingerprint density at radius 1 is 1.42 bits per heavy atom. The number of anilines is 1. The van der Waals surface area contributed by atoms with Crippen LogP contribution in [-0.2, 0) is 6.42 Å². The number of aryl methyl sites for hydroxylation is 1. The minimum absolute atomic E-state index is 0. The largest absolute Gasteiger partial charge is 0.384 e. The van der Waals surface area contributed by atoms with Gasteiger partial charge in [0, 0.05) is 11.7 Å². The van der Waals surface area contributed by atoms with Crippen molar-refractivity contribution in [3.63, 3.8) is 0 Å². The van der Waals surface area contributed by atoms with Crippen LogP contribution in [0, 0.1) is 0 Å². The first-order valence-electron chi connectivity index (χ1n) is 3.78. The number of hydrogen-bond acceptors (Lipinski definition) is 3. The fourth-order valence-electron chi connectivity index (χ4n) is 1.51. The Kier molecular flexibility index (Phi) is 2.55. The highest BCUT2D eigenvalue weighted by Gasteiger charge is 2.19. The summed E-state index contributed by atoms with van der Waals surface area (Å²) in [6.45, 7) is 0. The fourth-order valence-corrected chi connectivity index (χ4v) is 1.51. The Bertz CT molecular complexity index is 288. The maximum absolute atomic E-state index is 5.82. The number of nitrogens with two attached hydrogens (primary N) is 2. The molecule has 1 atom stereocenters. The SMILES string of the molecule is Cl.Nc1ccc2c(n1)CCC2N. The molecule has 0 spiro atoms. The zero-order valence-electron chi connectivity index (χ0n) is 6.66. The highest BCUT2D eigenvalue weighted by molar-refractivity contribution is 5.85. The summed E-state index contributed by atoms with van der Waals surface area (Å²) in [4.78, 5) is 4.20. The molecule has 0 aliphatic heterocycles. The lowest BCUT2D eigenvalue weighted by molar-refractivity contribution is 0.712. The Hall–Kier alpha value is -0.800. The van der Waals surface area contributed by atoms with E-state index in [0.29, 0.717) is 5.82 Å². The molecule has 0 aromatic carbocycles. The quantitative estimate of drug-likeness (QED) is 0.635. The number of hydrogen-bond donors (Lipinski definition) is 2. The van der Waals surface area contributed by atoms with E-state index in [-0.39, 0.29) is 18.4 Å². The van der Waals surface area contributed by atoms with Crippen molar-refractivity contribution in [1.82, 2.24) is 4.98 Å². The molecule has 1 aliphatic rings. The van der Waals surface area contributed by atoms with Gasteiger partial charge in [-0.15, -0.1) is 12.4 Å². The maximum Gasteiger partial charge on any atom is 0.123 e. The molecule has 1 heterocycles. The summed E-state index contributed by atoms with van der Waals surface area (Å²) in [5.74, 6) is 0.595. The zero-order valence-corrected chi connectivity index (χ0v) is 7.47. The van der Waals surface area contributed by atoms with Gasteiger partial charge in [-0.3, -0.25) is 0 Å². The highest BCUT2D eigenvalue weighted by atomic mass is 35.5. The molecule has 0 radical (unpaired) electrons. The molecule has 0 fully saturated rings. The van der Waals surface area contributed by atoms with Crippen LogP contribution in [0.3, 0.4) is 0 Å². The van der Waals surface area contributed by atoms with Crippen LogP contribution in [0.25, 0.3) is 0 Å². The molecule has 0 saturated carbocycles. The van der Waals surface area contributed by atoms with Crippen LogP contribution >= 0.6 is 12.4 Å². The molecule has 0 saturated heterocycles. The molecule has 3 nitrogen and oxygen atoms in total. The van der Waals surface area contributed by atoms with Gasteiger partial charge in [0.2, 0.25) is 0 Å². The Balaban J connectivity index is 0.000000720. The normalized spacial score (nSPS) is 19.9. The summed E-state index contributed by atoms with van der Waals surface area (Å²) in [5, 5.41) is 0. The number of halogens is 1. The Labute approximate surface area is 77.6 Å². The molecule has 1 aromatic rings. The molecule has 66 valence electrons. The monoisotopic (exact) mass is 185 g/mol. The van der Waals surface area contributed by atoms with Crippen molar-refractivity contribution >= 4 is 18.2 Å². The van der Waals surface area contributed by atoms with Gasteiger partial charge in [-0.1, -0.05) is 6.07 Å². The standard InChI is InChI=1S/C8H11N3.ClH/c9-6-2-3-7-5(6)1-4-8(10)11-7;/h1,4,6H,2-3,9H2,(H2,10,11);1H. The molecule has 1 aromatic heterocycles. The van der Waals surface area contributed by atoms with E-state index in [2.05, 4.69) is 4.98 Å². The molecule has 1 unspecified atom stereocenters. The smallest absolute Gasteiger partial charge is 0.123 e. The summed E-state index contributed by atoms with van der Waals surface area (Å²) in [7, 11) is 0. The van der Waals surface area contributed by atoms with E-state index in [4.69, 9.17) is 11.5 Å². The van der Waals surface area contributed by atoms with E-state index in [1.165, 1.54) is 5.56 Å². The first-order valence-corrected chi connectivity index (χ1v) is 3.78. The topological polar surface area (TPSA) is 64.9 Å². The predicted octanol–water partition coefficient (Wildman–Crippen LogP) is 1.03. The molecular formula is C8H12ClN3. The number of nitrogen functional groups attached to an aromatic ring is 1. The summed E-state index contributed by atoms with van der Waals surface area (Å²) in [6.07, 6.45) is 1.98. The van der Waals surface area contributed by atoms with Crippen molar-refractivity contribution in [2.75, 3.05) is 5.73 Å². The third-order valence-corrected chi connectivity index (χ3v) is 2.12. The van der Waals surface area contributed by atoms with Gasteiger partial charge in [-0.05, 0) is 24.5 Å². The lowest BCUT2D eigenvalue weighted by atomic mass is 10.2. The van der Waals surface area contributed by atoms with Gasteiger partial charge in [0.15, 0.2) is 0 Å². The van der Waals surface area contributed by atoms with Crippen molar-refractivity contribution in [3.05, 3.63) is 23.4 Å². The molecule has 1 aliphatic carbocycles. The van der Waals surface area contributed by atoms with Crippen LogP contribution in [0.2, 0.25) is 0 Å². The van der Waals surface area contributed by atoms with Gasteiger partial charge in [0.1, 0.15) is 5.82 Å². The molecule has 4 heteroatoms. The first-order chi connectivity index (χ1) is 5.27. The second kappa shape index (κ2) is 3.29. The van der Waals surface area contributed by atoms with Crippen LogP contribution < -0.4 is 11.5 Å².